The Morgan fingerprint density at radius 1 is 1.57 bits per heavy atom. The van der Waals surface area contributed by atoms with E-state index in [-0.39, 0.29) is 0 Å². The Morgan fingerprint density at radius 3 is 2.86 bits per heavy atom. The van der Waals surface area contributed by atoms with Gasteiger partial charge in [0.25, 0.3) is 0 Å². The third kappa shape index (κ3) is 3.79. The molecule has 1 aromatic rings. The van der Waals surface area contributed by atoms with Crippen molar-refractivity contribution in [2.75, 3.05) is 6.54 Å². The first-order valence-corrected chi connectivity index (χ1v) is 5.18. The molecule has 0 atom stereocenters. The molecule has 0 aliphatic heterocycles. The fourth-order valence-electron chi connectivity index (χ4n) is 1.19. The van der Waals surface area contributed by atoms with Gasteiger partial charge >= 0.3 is 0 Å². The molecule has 2 nitrogen and oxygen atoms in total. The van der Waals surface area contributed by atoms with Crippen LogP contribution in [0, 0.1) is 0 Å². The molecule has 1 aromatic heterocycles. The molecule has 0 bridgehead atoms. The Kier molecular flexibility index (Phi) is 4.47. The zero-order valence-electron chi connectivity index (χ0n) is 9.21. The fraction of sp³-hybridized carbons (Fsp3) is 0.500. The molecule has 0 aliphatic rings. The van der Waals surface area contributed by atoms with Crippen molar-refractivity contribution < 1.29 is 4.42 Å². The summed E-state index contributed by atoms with van der Waals surface area (Å²) in [6.07, 6.45) is 4.87. The summed E-state index contributed by atoms with van der Waals surface area (Å²) in [7, 11) is 0. The first kappa shape index (κ1) is 11.1. The molecule has 1 N–H and O–H groups in total. The average molecular weight is 193 g/mol. The van der Waals surface area contributed by atoms with Gasteiger partial charge in [0.15, 0.2) is 0 Å². The zero-order chi connectivity index (χ0) is 10.4. The van der Waals surface area contributed by atoms with Crippen molar-refractivity contribution in [2.45, 2.75) is 33.2 Å². The van der Waals surface area contributed by atoms with Gasteiger partial charge in [0.05, 0.1) is 6.26 Å². The van der Waals surface area contributed by atoms with E-state index in [9.17, 15) is 0 Å². The molecule has 78 valence electrons. The summed E-state index contributed by atoms with van der Waals surface area (Å²) in [5.41, 5.74) is 1.37. The predicted molar refractivity (Wildman–Crippen MR) is 60.1 cm³/mol. The summed E-state index contributed by atoms with van der Waals surface area (Å²) in [4.78, 5) is 0. The van der Waals surface area contributed by atoms with Crippen LogP contribution in [0.1, 0.15) is 33.0 Å². The van der Waals surface area contributed by atoms with E-state index in [4.69, 9.17) is 4.42 Å². The van der Waals surface area contributed by atoms with Gasteiger partial charge in [-0.25, -0.2) is 0 Å². The molecule has 0 unspecified atom stereocenters. The maximum atomic E-state index is 5.27. The van der Waals surface area contributed by atoms with Crippen molar-refractivity contribution >= 4 is 6.08 Å². The van der Waals surface area contributed by atoms with Crippen LogP contribution < -0.4 is 5.32 Å². The van der Waals surface area contributed by atoms with Crippen LogP contribution in [0.3, 0.4) is 0 Å². The van der Waals surface area contributed by atoms with Gasteiger partial charge in [-0.3, -0.25) is 0 Å². The molecule has 1 rings (SSSR count). The van der Waals surface area contributed by atoms with Crippen molar-refractivity contribution in [3.63, 3.8) is 0 Å². The van der Waals surface area contributed by atoms with Crippen molar-refractivity contribution in [3.05, 3.63) is 29.7 Å². The van der Waals surface area contributed by atoms with Gasteiger partial charge in [0.1, 0.15) is 5.76 Å². The lowest BCUT2D eigenvalue weighted by Gasteiger charge is -2.09. The maximum Gasteiger partial charge on any atom is 0.126 e. The molecule has 0 aliphatic carbocycles. The van der Waals surface area contributed by atoms with Gasteiger partial charge in [-0.05, 0) is 24.6 Å². The van der Waals surface area contributed by atoms with Crippen LogP contribution in [0.15, 0.2) is 28.4 Å². The summed E-state index contributed by atoms with van der Waals surface area (Å²) >= 11 is 0. The minimum Gasteiger partial charge on any atom is -0.465 e. The highest BCUT2D eigenvalue weighted by molar-refractivity contribution is 5.47. The van der Waals surface area contributed by atoms with E-state index in [2.05, 4.69) is 32.2 Å². The average Bonchev–Trinajstić information content (AvgIpc) is 2.64. The minimum absolute atomic E-state index is 0.529. The Morgan fingerprint density at radius 2 is 2.36 bits per heavy atom. The molecule has 1 heterocycles. The molecule has 0 aromatic carbocycles. The van der Waals surface area contributed by atoms with Crippen LogP contribution in [-0.2, 0) is 0 Å². The largest absolute Gasteiger partial charge is 0.465 e. The van der Waals surface area contributed by atoms with Gasteiger partial charge in [-0.2, -0.15) is 0 Å². The molecule has 0 spiro atoms. The molecule has 0 radical (unpaired) electrons. The first-order chi connectivity index (χ1) is 6.72. The van der Waals surface area contributed by atoms with Gasteiger partial charge in [-0.1, -0.05) is 26.3 Å². The zero-order valence-corrected chi connectivity index (χ0v) is 9.21. The molecule has 0 saturated heterocycles. The normalized spacial score (nSPS) is 12.4. The van der Waals surface area contributed by atoms with Gasteiger partial charge < -0.3 is 9.73 Å². The van der Waals surface area contributed by atoms with Gasteiger partial charge in [0, 0.05) is 12.6 Å². The number of hydrogen-bond acceptors (Lipinski definition) is 2. The van der Waals surface area contributed by atoms with E-state index >= 15 is 0 Å². The van der Waals surface area contributed by atoms with Crippen molar-refractivity contribution in [2.24, 2.45) is 0 Å². The van der Waals surface area contributed by atoms with E-state index in [1.54, 1.807) is 6.26 Å². The van der Waals surface area contributed by atoms with Gasteiger partial charge in [-0.15, -0.1) is 0 Å². The topological polar surface area (TPSA) is 25.2 Å². The number of furan rings is 1. The fourth-order valence-corrected chi connectivity index (χ4v) is 1.19. The molecular weight excluding hydrogens is 174 g/mol. The lowest BCUT2D eigenvalue weighted by molar-refractivity contribution is 0.555. The van der Waals surface area contributed by atoms with E-state index in [0.717, 1.165) is 18.7 Å². The summed E-state index contributed by atoms with van der Waals surface area (Å²) in [5, 5.41) is 3.40. The molecule has 0 amide bonds. The lowest BCUT2D eigenvalue weighted by atomic mass is 10.1. The van der Waals surface area contributed by atoms with Crippen molar-refractivity contribution in [3.8, 4) is 0 Å². The highest BCUT2D eigenvalue weighted by atomic mass is 16.3. The molecule has 2 heteroatoms. The molecule has 0 fully saturated rings. The quantitative estimate of drug-likeness (QED) is 0.777. The Labute approximate surface area is 86.0 Å². The molecule has 14 heavy (non-hydrogen) atoms. The van der Waals surface area contributed by atoms with Crippen LogP contribution >= 0.6 is 0 Å². The first-order valence-electron chi connectivity index (χ1n) is 5.18. The Bertz CT molecular complexity index is 273. The summed E-state index contributed by atoms with van der Waals surface area (Å²) in [6.45, 7) is 7.41. The van der Waals surface area contributed by atoms with E-state index in [1.807, 2.05) is 12.1 Å². The van der Waals surface area contributed by atoms with E-state index in [0.29, 0.717) is 6.04 Å². The summed E-state index contributed by atoms with van der Waals surface area (Å²) in [6, 6.07) is 4.42. The van der Waals surface area contributed by atoms with E-state index in [1.165, 1.54) is 5.57 Å². The van der Waals surface area contributed by atoms with Crippen LogP contribution in [-0.4, -0.2) is 12.6 Å². The number of nitrogens with one attached hydrogen (secondary N) is 1. The summed E-state index contributed by atoms with van der Waals surface area (Å²) in [5.74, 6) is 0.937. The summed E-state index contributed by atoms with van der Waals surface area (Å²) < 4.78 is 5.27. The Hall–Kier alpha value is -1.02. The van der Waals surface area contributed by atoms with Gasteiger partial charge in [0.2, 0.25) is 0 Å². The highest BCUT2D eigenvalue weighted by Gasteiger charge is 1.98. The van der Waals surface area contributed by atoms with Crippen molar-refractivity contribution in [1.82, 2.24) is 5.32 Å². The van der Waals surface area contributed by atoms with Crippen LogP contribution in [0.5, 0.6) is 0 Å². The highest BCUT2D eigenvalue weighted by Crippen LogP contribution is 2.09. The predicted octanol–water partition coefficient (Wildman–Crippen LogP) is 3.07. The minimum atomic E-state index is 0.529. The Balaban J connectivity index is 2.53. The molecule has 0 saturated carbocycles. The number of hydrogen-bond donors (Lipinski definition) is 1. The second kappa shape index (κ2) is 5.66. The third-order valence-electron chi connectivity index (χ3n) is 2.08. The SMILES string of the molecule is CCC(=Cc1ccco1)CNC(C)C. The number of rotatable bonds is 5. The standard InChI is InChI=1S/C12H19NO/c1-4-11(9-13-10(2)3)8-12-6-5-7-14-12/h5-8,10,13H,4,9H2,1-3H3. The van der Waals surface area contributed by atoms with Crippen molar-refractivity contribution in [1.29, 1.82) is 0 Å². The van der Waals surface area contributed by atoms with Crippen LogP contribution in [0.25, 0.3) is 6.08 Å². The van der Waals surface area contributed by atoms with Crippen LogP contribution in [0.4, 0.5) is 0 Å². The maximum absolute atomic E-state index is 5.27. The second-order valence-corrected chi connectivity index (χ2v) is 3.71. The van der Waals surface area contributed by atoms with E-state index < -0.39 is 0 Å². The lowest BCUT2D eigenvalue weighted by Crippen LogP contribution is -2.24. The third-order valence-corrected chi connectivity index (χ3v) is 2.08. The smallest absolute Gasteiger partial charge is 0.126 e. The molecular formula is C12H19NO. The van der Waals surface area contributed by atoms with Crippen LogP contribution in [0.2, 0.25) is 0 Å². The second-order valence-electron chi connectivity index (χ2n) is 3.71. The monoisotopic (exact) mass is 193 g/mol.